The summed E-state index contributed by atoms with van der Waals surface area (Å²) in [6.07, 6.45) is 0. The Kier molecular flexibility index (Phi) is 4.97. The van der Waals surface area contributed by atoms with Crippen molar-refractivity contribution in [1.82, 2.24) is 4.90 Å². The second-order valence-electron chi connectivity index (χ2n) is 4.14. The first-order valence-corrected chi connectivity index (χ1v) is 5.60. The van der Waals surface area contributed by atoms with Gasteiger partial charge in [0.2, 0.25) is 0 Å². The van der Waals surface area contributed by atoms with Gasteiger partial charge >= 0.3 is 0 Å². The Morgan fingerprint density at radius 2 is 2.24 bits per heavy atom. The van der Waals surface area contributed by atoms with Gasteiger partial charge in [0.25, 0.3) is 5.91 Å². The normalized spacial score (nSPS) is 12.0. The summed E-state index contributed by atoms with van der Waals surface area (Å²) in [5.41, 5.74) is 1.09. The van der Waals surface area contributed by atoms with Crippen molar-refractivity contribution in [1.29, 1.82) is 0 Å². The van der Waals surface area contributed by atoms with Gasteiger partial charge in [-0.15, -0.1) is 0 Å². The summed E-state index contributed by atoms with van der Waals surface area (Å²) in [5, 5.41) is 8.94. The summed E-state index contributed by atoms with van der Waals surface area (Å²) < 4.78 is 5.39. The highest BCUT2D eigenvalue weighted by atomic mass is 16.5. The molecule has 0 aliphatic carbocycles. The van der Waals surface area contributed by atoms with E-state index in [4.69, 9.17) is 9.84 Å². The summed E-state index contributed by atoms with van der Waals surface area (Å²) >= 11 is 0. The number of rotatable bonds is 5. The van der Waals surface area contributed by atoms with Crippen LogP contribution >= 0.6 is 0 Å². The number of amides is 1. The molecule has 4 nitrogen and oxygen atoms in total. The lowest BCUT2D eigenvalue weighted by molar-refractivity contribution is -0.134. The van der Waals surface area contributed by atoms with Crippen LogP contribution in [0.25, 0.3) is 0 Å². The first-order valence-electron chi connectivity index (χ1n) is 5.60. The maximum Gasteiger partial charge on any atom is 0.260 e. The molecule has 0 saturated carbocycles. The van der Waals surface area contributed by atoms with Crippen LogP contribution in [-0.2, 0) is 4.79 Å². The van der Waals surface area contributed by atoms with E-state index in [-0.39, 0.29) is 25.2 Å². The van der Waals surface area contributed by atoms with E-state index in [0.29, 0.717) is 5.75 Å². The van der Waals surface area contributed by atoms with Gasteiger partial charge in [0.15, 0.2) is 6.61 Å². The van der Waals surface area contributed by atoms with E-state index in [0.717, 1.165) is 5.56 Å². The summed E-state index contributed by atoms with van der Waals surface area (Å²) in [5.74, 6) is 0.538. The molecule has 17 heavy (non-hydrogen) atoms. The quantitative estimate of drug-likeness (QED) is 0.837. The minimum Gasteiger partial charge on any atom is -0.484 e. The highest BCUT2D eigenvalue weighted by molar-refractivity contribution is 5.77. The summed E-state index contributed by atoms with van der Waals surface area (Å²) in [7, 11) is 1.66. The Morgan fingerprint density at radius 3 is 2.82 bits per heavy atom. The number of hydrogen-bond acceptors (Lipinski definition) is 3. The van der Waals surface area contributed by atoms with Crippen LogP contribution in [-0.4, -0.2) is 42.2 Å². The minimum atomic E-state index is -0.191. The first kappa shape index (κ1) is 13.5. The van der Waals surface area contributed by atoms with Gasteiger partial charge in [-0.1, -0.05) is 12.1 Å². The standard InChI is InChI=1S/C13H19NO3/c1-10-5-4-6-12(7-10)17-9-13(16)14(3)11(2)8-15/h4-7,11,15H,8-9H2,1-3H3. The maximum atomic E-state index is 11.7. The van der Waals surface area contributed by atoms with Crippen LogP contribution in [0.3, 0.4) is 0 Å². The molecule has 0 heterocycles. The van der Waals surface area contributed by atoms with Gasteiger partial charge in [0.05, 0.1) is 12.6 Å². The van der Waals surface area contributed by atoms with Gasteiger partial charge in [-0.3, -0.25) is 4.79 Å². The molecule has 1 atom stereocenters. The molecule has 0 fully saturated rings. The van der Waals surface area contributed by atoms with Crippen molar-refractivity contribution in [3.8, 4) is 5.75 Å². The molecule has 1 aromatic carbocycles. The number of aliphatic hydroxyl groups is 1. The second kappa shape index (κ2) is 6.25. The third-order valence-electron chi connectivity index (χ3n) is 2.67. The fourth-order valence-electron chi connectivity index (χ4n) is 1.32. The Bertz CT molecular complexity index is 379. The maximum absolute atomic E-state index is 11.7. The van der Waals surface area contributed by atoms with Crippen LogP contribution in [0.15, 0.2) is 24.3 Å². The fourth-order valence-corrected chi connectivity index (χ4v) is 1.32. The number of hydrogen-bond donors (Lipinski definition) is 1. The molecule has 0 spiro atoms. The Labute approximate surface area is 102 Å². The van der Waals surface area contributed by atoms with E-state index in [1.54, 1.807) is 14.0 Å². The van der Waals surface area contributed by atoms with Gasteiger partial charge in [0.1, 0.15) is 5.75 Å². The lowest BCUT2D eigenvalue weighted by Gasteiger charge is -2.23. The predicted molar refractivity (Wildman–Crippen MR) is 66.0 cm³/mol. The molecule has 1 rings (SSSR count). The van der Waals surface area contributed by atoms with Crippen LogP contribution in [0.1, 0.15) is 12.5 Å². The van der Waals surface area contributed by atoms with Crippen molar-refractivity contribution >= 4 is 5.91 Å². The van der Waals surface area contributed by atoms with E-state index < -0.39 is 0 Å². The Balaban J connectivity index is 2.48. The van der Waals surface area contributed by atoms with Crippen molar-refractivity contribution in [3.05, 3.63) is 29.8 Å². The molecule has 0 radical (unpaired) electrons. The molecule has 94 valence electrons. The molecule has 1 amide bonds. The Morgan fingerprint density at radius 1 is 1.53 bits per heavy atom. The van der Waals surface area contributed by atoms with Crippen LogP contribution in [0.5, 0.6) is 5.75 Å². The first-order chi connectivity index (χ1) is 8.04. The average molecular weight is 237 g/mol. The van der Waals surface area contributed by atoms with Crippen molar-refractivity contribution in [2.45, 2.75) is 19.9 Å². The zero-order valence-electron chi connectivity index (χ0n) is 10.5. The summed E-state index contributed by atoms with van der Waals surface area (Å²) in [6, 6.07) is 7.35. The van der Waals surface area contributed by atoms with Gasteiger partial charge in [0, 0.05) is 7.05 Å². The fraction of sp³-hybridized carbons (Fsp3) is 0.462. The molecular weight excluding hydrogens is 218 g/mol. The van der Waals surface area contributed by atoms with Crippen molar-refractivity contribution in [3.63, 3.8) is 0 Å². The third-order valence-corrected chi connectivity index (χ3v) is 2.67. The monoisotopic (exact) mass is 237 g/mol. The molecule has 1 aromatic rings. The molecule has 4 heteroatoms. The lowest BCUT2D eigenvalue weighted by atomic mass is 10.2. The van der Waals surface area contributed by atoms with E-state index in [9.17, 15) is 4.79 Å². The zero-order chi connectivity index (χ0) is 12.8. The topological polar surface area (TPSA) is 49.8 Å². The number of carbonyl (C=O) groups is 1. The number of nitrogens with zero attached hydrogens (tertiary/aromatic N) is 1. The van der Waals surface area contributed by atoms with Gasteiger partial charge < -0.3 is 14.7 Å². The molecule has 0 bridgehead atoms. The van der Waals surface area contributed by atoms with Gasteiger partial charge in [-0.25, -0.2) is 0 Å². The largest absolute Gasteiger partial charge is 0.484 e. The zero-order valence-corrected chi connectivity index (χ0v) is 10.5. The van der Waals surface area contributed by atoms with Crippen molar-refractivity contribution in [2.24, 2.45) is 0 Å². The predicted octanol–water partition coefficient (Wildman–Crippen LogP) is 1.21. The molecule has 0 aromatic heterocycles. The van der Waals surface area contributed by atoms with E-state index in [1.807, 2.05) is 31.2 Å². The SMILES string of the molecule is Cc1cccc(OCC(=O)N(C)C(C)CO)c1. The van der Waals surface area contributed by atoms with Crippen LogP contribution < -0.4 is 4.74 Å². The third kappa shape index (κ3) is 4.07. The van der Waals surface area contributed by atoms with Crippen molar-refractivity contribution < 1.29 is 14.6 Å². The second-order valence-corrected chi connectivity index (χ2v) is 4.14. The highest BCUT2D eigenvalue weighted by Gasteiger charge is 2.15. The van der Waals surface area contributed by atoms with E-state index in [2.05, 4.69) is 0 Å². The van der Waals surface area contributed by atoms with Gasteiger partial charge in [-0.05, 0) is 31.5 Å². The molecular formula is C13H19NO3. The Hall–Kier alpha value is -1.55. The molecule has 0 saturated heterocycles. The summed E-state index contributed by atoms with van der Waals surface area (Å²) in [6.45, 7) is 3.69. The van der Waals surface area contributed by atoms with E-state index >= 15 is 0 Å². The number of ether oxygens (including phenoxy) is 1. The number of benzene rings is 1. The molecule has 1 N–H and O–H groups in total. The summed E-state index contributed by atoms with van der Waals surface area (Å²) in [4.78, 5) is 13.2. The molecule has 0 aliphatic heterocycles. The highest BCUT2D eigenvalue weighted by Crippen LogP contribution is 2.12. The van der Waals surface area contributed by atoms with Crippen LogP contribution in [0, 0.1) is 6.92 Å². The molecule has 0 aliphatic rings. The molecule has 1 unspecified atom stereocenters. The number of likely N-dealkylation sites (N-methyl/N-ethyl adjacent to an activating group) is 1. The van der Waals surface area contributed by atoms with Gasteiger partial charge in [-0.2, -0.15) is 0 Å². The number of aliphatic hydroxyl groups excluding tert-OH is 1. The number of aryl methyl sites for hydroxylation is 1. The van der Waals surface area contributed by atoms with Crippen LogP contribution in [0.4, 0.5) is 0 Å². The average Bonchev–Trinajstić information content (AvgIpc) is 2.34. The lowest BCUT2D eigenvalue weighted by Crippen LogP contribution is -2.40. The smallest absolute Gasteiger partial charge is 0.260 e. The van der Waals surface area contributed by atoms with Crippen LogP contribution in [0.2, 0.25) is 0 Å². The van der Waals surface area contributed by atoms with E-state index in [1.165, 1.54) is 4.90 Å². The number of carbonyl (C=O) groups excluding carboxylic acids is 1. The minimum absolute atomic E-state index is 0.00963. The van der Waals surface area contributed by atoms with Crippen molar-refractivity contribution in [2.75, 3.05) is 20.3 Å².